The Labute approximate surface area is 149 Å². The van der Waals surface area contributed by atoms with Crippen LogP contribution in [0.25, 0.3) is 0 Å². The molecule has 13 heteroatoms. The molecular formula is C9H16B2Cl3NO5P2. The van der Waals surface area contributed by atoms with Crippen molar-refractivity contribution in [3.8, 4) is 0 Å². The molecule has 1 aliphatic rings. The molecule has 1 rings (SSSR count). The second-order valence-corrected chi connectivity index (χ2v) is 9.16. The molecule has 0 aromatic rings. The van der Waals surface area contributed by atoms with Crippen molar-refractivity contribution >= 4 is 72.0 Å². The van der Waals surface area contributed by atoms with E-state index in [-0.39, 0.29) is 13.2 Å². The molecule has 1 fully saturated rings. The summed E-state index contributed by atoms with van der Waals surface area (Å²) in [5.41, 5.74) is 0. The molecule has 124 valence electrons. The highest BCUT2D eigenvalue weighted by Crippen LogP contribution is 2.35. The zero-order valence-electron chi connectivity index (χ0n) is 11.9. The lowest BCUT2D eigenvalue weighted by Crippen LogP contribution is -2.56. The maximum absolute atomic E-state index is 10.3. The van der Waals surface area contributed by atoms with Gasteiger partial charge >= 0.3 is 6.64 Å². The molecule has 22 heavy (non-hydrogen) atoms. The van der Waals surface area contributed by atoms with E-state index in [9.17, 15) is 5.11 Å². The summed E-state index contributed by atoms with van der Waals surface area (Å²) in [5, 5.41) is 17.9. The van der Waals surface area contributed by atoms with Crippen molar-refractivity contribution in [2.45, 2.75) is 35.2 Å². The van der Waals surface area contributed by atoms with Gasteiger partial charge in [-0.25, -0.2) is 0 Å². The Balaban J connectivity index is 2.79. The highest BCUT2D eigenvalue weighted by Gasteiger charge is 2.45. The van der Waals surface area contributed by atoms with Crippen LogP contribution in [0.4, 0.5) is 0 Å². The van der Waals surface area contributed by atoms with E-state index in [0.717, 1.165) is 0 Å². The first-order valence-corrected chi connectivity index (χ1v) is 9.78. The Morgan fingerprint density at radius 3 is 2.59 bits per heavy atom. The molecule has 0 aromatic heterocycles. The maximum Gasteiger partial charge on any atom is 0.312 e. The van der Waals surface area contributed by atoms with E-state index in [0.29, 0.717) is 0 Å². The minimum absolute atomic E-state index is 0.0709. The summed E-state index contributed by atoms with van der Waals surface area (Å²) in [5.74, 6) is -0.661. The minimum Gasteiger partial charge on any atom is -0.445 e. The van der Waals surface area contributed by atoms with Crippen LogP contribution in [0.5, 0.6) is 0 Å². The van der Waals surface area contributed by atoms with Crippen molar-refractivity contribution in [3.63, 3.8) is 0 Å². The molecule has 6 nitrogen and oxygen atoms in total. The third-order valence-corrected chi connectivity index (χ3v) is 3.82. The first-order chi connectivity index (χ1) is 10.0. The predicted octanol–water partition coefficient (Wildman–Crippen LogP) is 1.94. The fourth-order valence-electron chi connectivity index (χ4n) is 1.76. The van der Waals surface area contributed by atoms with Gasteiger partial charge in [0.25, 0.3) is 3.79 Å². The van der Waals surface area contributed by atoms with Crippen molar-refractivity contribution in [2.75, 3.05) is 13.3 Å². The quantitative estimate of drug-likeness (QED) is 0.239. The summed E-state index contributed by atoms with van der Waals surface area (Å²) in [6.07, 6.45) is -3.81. The van der Waals surface area contributed by atoms with Gasteiger partial charge in [-0.15, -0.1) is 9.12 Å². The smallest absolute Gasteiger partial charge is 0.312 e. The SMILES string of the molecule is [B]P(C)O[C@H]1[C@H](OB(C)P)COC(OC(=N)C(Cl)(Cl)Cl)[C@@H]1O. The first kappa shape index (κ1) is 21.2. The predicted molar refractivity (Wildman–Crippen MR) is 94.5 cm³/mol. The highest BCUT2D eigenvalue weighted by molar-refractivity contribution is 7.77. The van der Waals surface area contributed by atoms with Gasteiger partial charge in [0.15, 0.2) is 0 Å². The molecule has 0 spiro atoms. The van der Waals surface area contributed by atoms with Crippen LogP contribution < -0.4 is 0 Å². The Bertz CT molecular complexity index is 391. The molecule has 1 aliphatic heterocycles. The zero-order valence-corrected chi connectivity index (χ0v) is 16.2. The van der Waals surface area contributed by atoms with Crippen molar-refractivity contribution < 1.29 is 23.8 Å². The van der Waals surface area contributed by atoms with Crippen molar-refractivity contribution in [3.05, 3.63) is 0 Å². The molecule has 0 bridgehead atoms. The van der Waals surface area contributed by atoms with Crippen LogP contribution in [0.1, 0.15) is 0 Å². The van der Waals surface area contributed by atoms with E-state index in [4.69, 9.17) is 66.4 Å². The molecule has 0 saturated carbocycles. The van der Waals surface area contributed by atoms with Crippen LogP contribution >= 0.6 is 51.9 Å². The van der Waals surface area contributed by atoms with Gasteiger partial charge in [-0.2, -0.15) is 0 Å². The molecule has 6 atom stereocenters. The maximum atomic E-state index is 10.3. The molecular weight excluding hydrogens is 392 g/mol. The Morgan fingerprint density at radius 1 is 1.55 bits per heavy atom. The molecule has 1 saturated heterocycles. The molecule has 2 radical (unpaired) electrons. The monoisotopic (exact) mass is 407 g/mol. The Hall–Kier alpha value is 1.17. The lowest BCUT2D eigenvalue weighted by atomic mass is 10.00. The van der Waals surface area contributed by atoms with Gasteiger partial charge in [0.1, 0.15) is 19.8 Å². The number of rotatable bonds is 5. The van der Waals surface area contributed by atoms with Gasteiger partial charge in [-0.05, 0) is 14.7 Å². The van der Waals surface area contributed by atoms with E-state index in [2.05, 4.69) is 9.12 Å². The Morgan fingerprint density at radius 2 is 2.14 bits per heavy atom. The number of hydrogen-bond donors (Lipinski definition) is 2. The molecule has 3 unspecified atom stereocenters. The van der Waals surface area contributed by atoms with Gasteiger partial charge in [0, 0.05) is 0 Å². The van der Waals surface area contributed by atoms with E-state index in [1.807, 2.05) is 6.82 Å². The number of hydrogen-bond acceptors (Lipinski definition) is 6. The van der Waals surface area contributed by atoms with Crippen LogP contribution in [0.15, 0.2) is 0 Å². The lowest BCUT2D eigenvalue weighted by Gasteiger charge is -2.41. The van der Waals surface area contributed by atoms with Crippen LogP contribution in [-0.4, -0.2) is 66.9 Å². The largest absolute Gasteiger partial charge is 0.445 e. The minimum atomic E-state index is -2.05. The molecule has 2 N–H and O–H groups in total. The summed E-state index contributed by atoms with van der Waals surface area (Å²) in [6, 6.07) is 0. The normalized spacial score (nSPS) is 30.7. The molecule has 1 heterocycles. The van der Waals surface area contributed by atoms with Crippen LogP contribution in [0.3, 0.4) is 0 Å². The number of ether oxygens (including phenoxy) is 2. The van der Waals surface area contributed by atoms with Crippen LogP contribution in [0, 0.1) is 5.41 Å². The third-order valence-electron chi connectivity index (χ3n) is 2.58. The summed E-state index contributed by atoms with van der Waals surface area (Å²) < 4.78 is 19.5. The highest BCUT2D eigenvalue weighted by atomic mass is 35.6. The average Bonchev–Trinajstić information content (AvgIpc) is 2.34. The van der Waals surface area contributed by atoms with Crippen LogP contribution in [0.2, 0.25) is 6.82 Å². The second-order valence-electron chi connectivity index (χ2n) is 4.63. The standard InChI is InChI=1S/C9H16B2Cl3NO5P2/c1-11(21)19-4-3-17-7(18-8(15)9(12,13)14)5(16)6(4)20-22(2)10/h4-7,15-16H,3,21H2,1-2H3/t4-,5-,6+,7?,22?/m1/s1. The van der Waals surface area contributed by atoms with E-state index >= 15 is 0 Å². The first-order valence-electron chi connectivity index (χ1n) is 6.20. The molecule has 0 aromatic carbocycles. The van der Waals surface area contributed by atoms with E-state index in [1.54, 1.807) is 6.66 Å². The summed E-state index contributed by atoms with van der Waals surface area (Å²) in [6.45, 7) is 3.39. The molecule has 0 amide bonds. The van der Waals surface area contributed by atoms with Gasteiger partial charge in [0.05, 0.1) is 12.7 Å². The van der Waals surface area contributed by atoms with Crippen molar-refractivity contribution in [2.24, 2.45) is 0 Å². The second kappa shape index (κ2) is 9.03. The number of nitrogens with one attached hydrogen (secondary N) is 1. The van der Waals surface area contributed by atoms with E-state index < -0.39 is 42.3 Å². The van der Waals surface area contributed by atoms with Crippen LogP contribution in [-0.2, 0) is 18.7 Å². The summed E-state index contributed by atoms with van der Waals surface area (Å²) in [7, 11) is 6.89. The fourth-order valence-corrected chi connectivity index (χ4v) is 2.74. The van der Waals surface area contributed by atoms with Gasteiger partial charge in [0.2, 0.25) is 12.2 Å². The third kappa shape index (κ3) is 6.58. The topological polar surface area (TPSA) is 81.0 Å². The molecule has 0 aliphatic carbocycles. The Kier molecular flexibility index (Phi) is 8.71. The number of alkyl halides is 3. The zero-order chi connectivity index (χ0) is 17.1. The number of aliphatic hydroxyl groups excluding tert-OH is 1. The average molecular weight is 408 g/mol. The van der Waals surface area contributed by atoms with Gasteiger partial charge in [-0.1, -0.05) is 41.6 Å². The van der Waals surface area contributed by atoms with Crippen molar-refractivity contribution in [1.29, 1.82) is 5.41 Å². The van der Waals surface area contributed by atoms with E-state index in [1.165, 1.54) is 0 Å². The summed E-state index contributed by atoms with van der Waals surface area (Å²) in [4.78, 5) is 0. The lowest BCUT2D eigenvalue weighted by molar-refractivity contribution is -0.236. The number of aliphatic hydroxyl groups is 1. The van der Waals surface area contributed by atoms with Gasteiger partial charge < -0.3 is 23.8 Å². The number of halogens is 3. The van der Waals surface area contributed by atoms with Crippen molar-refractivity contribution in [1.82, 2.24) is 0 Å². The van der Waals surface area contributed by atoms with Gasteiger partial charge in [-0.3, -0.25) is 5.41 Å². The summed E-state index contributed by atoms with van der Waals surface area (Å²) >= 11 is 16.6. The fraction of sp³-hybridized carbons (Fsp3) is 0.889.